The molecule has 2 amide bonds. The van der Waals surface area contributed by atoms with Crippen LogP contribution >= 0.6 is 0 Å². The maximum atomic E-state index is 12.9. The number of amides is 2. The number of nitrogens with zero attached hydrogens (tertiary/aromatic N) is 1. The molecule has 27 heavy (non-hydrogen) atoms. The summed E-state index contributed by atoms with van der Waals surface area (Å²) in [5, 5.41) is 5.60. The average Bonchev–Trinajstić information content (AvgIpc) is 3.48. The molecule has 1 unspecified atom stereocenters. The van der Waals surface area contributed by atoms with Crippen molar-refractivity contribution in [2.45, 2.75) is 38.9 Å². The Bertz CT molecular complexity index is 888. The summed E-state index contributed by atoms with van der Waals surface area (Å²) in [6.45, 7) is 2.06. The van der Waals surface area contributed by atoms with Crippen LogP contribution in [0, 0.1) is 11.7 Å². The van der Waals surface area contributed by atoms with E-state index in [0.29, 0.717) is 5.92 Å². The second-order valence-corrected chi connectivity index (χ2v) is 6.89. The second kappa shape index (κ2) is 8.16. The van der Waals surface area contributed by atoms with Gasteiger partial charge in [0.2, 0.25) is 5.91 Å². The molecule has 1 aliphatic rings. The molecule has 0 radical (unpaired) electrons. The van der Waals surface area contributed by atoms with Gasteiger partial charge in [-0.05, 0) is 49.4 Å². The Morgan fingerprint density at radius 1 is 1.19 bits per heavy atom. The highest BCUT2D eigenvalue weighted by Crippen LogP contribution is 2.32. The highest BCUT2D eigenvalue weighted by Gasteiger charge is 2.28. The predicted octanol–water partition coefficient (Wildman–Crippen LogP) is 1.83. The lowest BCUT2D eigenvalue weighted by atomic mass is 10.2. The fourth-order valence-corrected chi connectivity index (χ4v) is 2.84. The van der Waals surface area contributed by atoms with Crippen LogP contribution in [0.25, 0.3) is 0 Å². The Labute approximate surface area is 156 Å². The minimum absolute atomic E-state index is 0.0930. The van der Waals surface area contributed by atoms with Crippen LogP contribution in [0.3, 0.4) is 0 Å². The van der Waals surface area contributed by atoms with E-state index in [2.05, 4.69) is 10.6 Å². The molecule has 2 aromatic rings. The minimum atomic E-state index is -0.375. The third-order valence-electron chi connectivity index (χ3n) is 4.64. The number of aromatic nitrogens is 1. The van der Waals surface area contributed by atoms with Crippen molar-refractivity contribution in [2.24, 2.45) is 5.92 Å². The van der Waals surface area contributed by atoms with E-state index >= 15 is 0 Å². The molecule has 2 N–H and O–H groups in total. The number of rotatable bonds is 7. The summed E-state index contributed by atoms with van der Waals surface area (Å²) < 4.78 is 14.1. The summed E-state index contributed by atoms with van der Waals surface area (Å²) in [6.07, 6.45) is 3.61. The zero-order valence-corrected chi connectivity index (χ0v) is 15.1. The molecule has 1 aromatic heterocycles. The van der Waals surface area contributed by atoms with Gasteiger partial charge < -0.3 is 15.2 Å². The largest absolute Gasteiger partial charge is 0.352 e. The molecule has 0 aliphatic heterocycles. The van der Waals surface area contributed by atoms with E-state index in [-0.39, 0.29) is 47.9 Å². The van der Waals surface area contributed by atoms with Crippen LogP contribution in [0.1, 0.15) is 35.7 Å². The topological polar surface area (TPSA) is 80.2 Å². The van der Waals surface area contributed by atoms with Gasteiger partial charge in [0.05, 0.1) is 5.56 Å². The second-order valence-electron chi connectivity index (χ2n) is 6.89. The van der Waals surface area contributed by atoms with E-state index in [9.17, 15) is 18.8 Å². The SMILES string of the molecule is CC(NC(=O)Cn1cc(C(=O)NCc2ccc(F)cc2)ccc1=O)C1CC1. The number of hydrogen-bond donors (Lipinski definition) is 2. The van der Waals surface area contributed by atoms with Gasteiger partial charge in [-0.2, -0.15) is 0 Å². The van der Waals surface area contributed by atoms with E-state index in [0.717, 1.165) is 18.4 Å². The lowest BCUT2D eigenvalue weighted by Gasteiger charge is -2.14. The Kier molecular flexibility index (Phi) is 5.69. The van der Waals surface area contributed by atoms with E-state index in [1.54, 1.807) is 12.1 Å². The van der Waals surface area contributed by atoms with E-state index in [4.69, 9.17) is 0 Å². The lowest BCUT2D eigenvalue weighted by molar-refractivity contribution is -0.122. The number of pyridine rings is 1. The first-order chi connectivity index (χ1) is 12.9. The molecule has 142 valence electrons. The van der Waals surface area contributed by atoms with Gasteiger partial charge in [0.15, 0.2) is 0 Å². The first kappa shape index (κ1) is 18.8. The molecule has 3 rings (SSSR count). The zero-order chi connectivity index (χ0) is 19.4. The van der Waals surface area contributed by atoms with Crippen LogP contribution < -0.4 is 16.2 Å². The van der Waals surface area contributed by atoms with Crippen molar-refractivity contribution in [3.05, 3.63) is 69.9 Å². The third-order valence-corrected chi connectivity index (χ3v) is 4.64. The number of benzene rings is 1. The van der Waals surface area contributed by atoms with Crippen LogP contribution in [0.15, 0.2) is 47.4 Å². The van der Waals surface area contributed by atoms with E-state index in [1.165, 1.54) is 35.0 Å². The molecule has 0 bridgehead atoms. The quantitative estimate of drug-likeness (QED) is 0.779. The summed E-state index contributed by atoms with van der Waals surface area (Å²) >= 11 is 0. The smallest absolute Gasteiger partial charge is 0.253 e. The summed E-state index contributed by atoms with van der Waals surface area (Å²) in [5.41, 5.74) is 0.686. The summed E-state index contributed by atoms with van der Waals surface area (Å²) in [5.74, 6) is -0.444. The average molecular weight is 371 g/mol. The maximum absolute atomic E-state index is 12.9. The van der Waals surface area contributed by atoms with Crippen LogP contribution in [-0.4, -0.2) is 22.4 Å². The molecular formula is C20H22FN3O3. The van der Waals surface area contributed by atoms with Gasteiger partial charge in [-0.1, -0.05) is 12.1 Å². The van der Waals surface area contributed by atoms with Crippen LogP contribution in [0.2, 0.25) is 0 Å². The highest BCUT2D eigenvalue weighted by molar-refractivity contribution is 5.93. The molecule has 1 aromatic carbocycles. The molecule has 1 atom stereocenters. The summed E-state index contributed by atoms with van der Waals surface area (Å²) in [6, 6.07) is 8.60. The number of carbonyl (C=O) groups is 2. The third kappa shape index (κ3) is 5.26. The van der Waals surface area contributed by atoms with Gasteiger partial charge >= 0.3 is 0 Å². The Morgan fingerprint density at radius 3 is 2.56 bits per heavy atom. The molecule has 6 nitrogen and oxygen atoms in total. The molecule has 7 heteroatoms. The van der Waals surface area contributed by atoms with Crippen molar-refractivity contribution in [3.8, 4) is 0 Å². The Hall–Kier alpha value is -2.96. The van der Waals surface area contributed by atoms with Crippen molar-refractivity contribution in [1.82, 2.24) is 15.2 Å². The molecule has 0 spiro atoms. The Morgan fingerprint density at radius 2 is 1.89 bits per heavy atom. The van der Waals surface area contributed by atoms with E-state index in [1.807, 2.05) is 6.92 Å². The predicted molar refractivity (Wildman–Crippen MR) is 98.6 cm³/mol. The Balaban J connectivity index is 1.61. The number of halogens is 1. The van der Waals surface area contributed by atoms with Gasteiger partial charge in [-0.3, -0.25) is 14.4 Å². The molecule has 1 aliphatic carbocycles. The maximum Gasteiger partial charge on any atom is 0.253 e. The summed E-state index contributed by atoms with van der Waals surface area (Å²) in [7, 11) is 0. The monoisotopic (exact) mass is 371 g/mol. The number of hydrogen-bond acceptors (Lipinski definition) is 3. The summed E-state index contributed by atoms with van der Waals surface area (Å²) in [4.78, 5) is 36.4. The first-order valence-corrected chi connectivity index (χ1v) is 8.95. The van der Waals surface area contributed by atoms with Gasteiger partial charge in [-0.15, -0.1) is 0 Å². The van der Waals surface area contributed by atoms with Crippen LogP contribution in [0.4, 0.5) is 4.39 Å². The molecule has 0 saturated heterocycles. The van der Waals surface area contributed by atoms with Crippen LogP contribution in [0.5, 0.6) is 0 Å². The lowest BCUT2D eigenvalue weighted by Crippen LogP contribution is -2.38. The van der Waals surface area contributed by atoms with E-state index < -0.39 is 0 Å². The normalized spacial score (nSPS) is 14.4. The van der Waals surface area contributed by atoms with Gasteiger partial charge in [0.25, 0.3) is 11.5 Å². The number of nitrogens with one attached hydrogen (secondary N) is 2. The fourth-order valence-electron chi connectivity index (χ4n) is 2.84. The van der Waals surface area contributed by atoms with Gasteiger partial charge in [0, 0.05) is 24.8 Å². The molecular weight excluding hydrogens is 349 g/mol. The van der Waals surface area contributed by atoms with Gasteiger partial charge in [0.1, 0.15) is 12.4 Å². The fraction of sp³-hybridized carbons (Fsp3) is 0.350. The number of carbonyl (C=O) groups excluding carboxylic acids is 2. The molecule has 1 saturated carbocycles. The zero-order valence-electron chi connectivity index (χ0n) is 15.1. The minimum Gasteiger partial charge on any atom is -0.352 e. The van der Waals surface area contributed by atoms with Crippen LogP contribution in [-0.2, 0) is 17.9 Å². The van der Waals surface area contributed by atoms with Crippen molar-refractivity contribution in [2.75, 3.05) is 0 Å². The molecule has 1 heterocycles. The standard InChI is InChI=1S/C20H22FN3O3/c1-13(15-4-5-15)23-18(25)12-24-11-16(6-9-19(24)26)20(27)22-10-14-2-7-17(21)8-3-14/h2-3,6-9,11,13,15H,4-5,10,12H2,1H3,(H,22,27)(H,23,25). The first-order valence-electron chi connectivity index (χ1n) is 8.95. The van der Waals surface area contributed by atoms with Gasteiger partial charge in [-0.25, -0.2) is 4.39 Å². The molecule has 1 fully saturated rings. The van der Waals surface area contributed by atoms with Crippen molar-refractivity contribution in [1.29, 1.82) is 0 Å². The van der Waals surface area contributed by atoms with Crippen molar-refractivity contribution < 1.29 is 14.0 Å². The highest BCUT2D eigenvalue weighted by atomic mass is 19.1. The van der Waals surface area contributed by atoms with Crippen molar-refractivity contribution >= 4 is 11.8 Å². The van der Waals surface area contributed by atoms with Crippen molar-refractivity contribution in [3.63, 3.8) is 0 Å².